The molecule has 2 rings (SSSR count). The minimum absolute atomic E-state index is 0.0706. The van der Waals surface area contributed by atoms with Crippen molar-refractivity contribution in [2.45, 2.75) is 18.7 Å². The summed E-state index contributed by atoms with van der Waals surface area (Å²) in [4.78, 5) is 10.3. The highest BCUT2D eigenvalue weighted by Gasteiger charge is 2.17. The van der Waals surface area contributed by atoms with E-state index in [0.29, 0.717) is 6.42 Å². The Bertz CT molecular complexity index is 629. The lowest BCUT2D eigenvalue weighted by Gasteiger charge is -2.12. The van der Waals surface area contributed by atoms with Crippen molar-refractivity contribution in [1.82, 2.24) is 0 Å². The summed E-state index contributed by atoms with van der Waals surface area (Å²) < 4.78 is 0. The standard InChI is InChI=1S/C15H13Cl2NO2/c1-10-7-15(18(19)20)14(17)9-12(10)8-13(16)11-5-3-2-4-6-11/h2-7,9,13H,8H2,1H3. The van der Waals surface area contributed by atoms with Crippen LogP contribution in [-0.2, 0) is 6.42 Å². The maximum atomic E-state index is 10.8. The van der Waals surface area contributed by atoms with E-state index in [4.69, 9.17) is 23.2 Å². The maximum Gasteiger partial charge on any atom is 0.288 e. The summed E-state index contributed by atoms with van der Waals surface area (Å²) in [6.45, 7) is 1.83. The van der Waals surface area contributed by atoms with E-state index in [2.05, 4.69) is 0 Å². The van der Waals surface area contributed by atoms with Crippen LogP contribution in [0.5, 0.6) is 0 Å². The Kier molecular flexibility index (Phi) is 4.63. The third-order valence-electron chi connectivity index (χ3n) is 3.16. The highest BCUT2D eigenvalue weighted by molar-refractivity contribution is 6.32. The molecule has 1 unspecified atom stereocenters. The molecule has 2 aromatic rings. The molecule has 0 aliphatic rings. The molecule has 0 saturated carbocycles. The van der Waals surface area contributed by atoms with Gasteiger partial charge in [-0.05, 0) is 36.1 Å². The van der Waals surface area contributed by atoms with Gasteiger partial charge < -0.3 is 0 Å². The molecule has 0 fully saturated rings. The molecule has 0 aliphatic heterocycles. The van der Waals surface area contributed by atoms with E-state index in [1.807, 2.05) is 37.3 Å². The van der Waals surface area contributed by atoms with Gasteiger partial charge in [-0.1, -0.05) is 41.9 Å². The van der Waals surface area contributed by atoms with Crippen molar-refractivity contribution in [2.24, 2.45) is 0 Å². The zero-order chi connectivity index (χ0) is 14.7. The van der Waals surface area contributed by atoms with Gasteiger partial charge in [0.2, 0.25) is 0 Å². The molecule has 0 spiro atoms. The number of nitro groups is 1. The van der Waals surface area contributed by atoms with E-state index in [0.717, 1.165) is 16.7 Å². The second-order valence-corrected chi connectivity index (χ2v) is 5.50. The Morgan fingerprint density at radius 1 is 1.25 bits per heavy atom. The highest BCUT2D eigenvalue weighted by Crippen LogP contribution is 2.32. The van der Waals surface area contributed by atoms with Crippen LogP contribution in [0.1, 0.15) is 22.1 Å². The predicted molar refractivity (Wildman–Crippen MR) is 81.6 cm³/mol. The predicted octanol–water partition coefficient (Wildman–Crippen LogP) is 5.08. The lowest BCUT2D eigenvalue weighted by molar-refractivity contribution is -0.384. The van der Waals surface area contributed by atoms with Crippen molar-refractivity contribution in [2.75, 3.05) is 0 Å². The number of hydrogen-bond donors (Lipinski definition) is 0. The first-order valence-electron chi connectivity index (χ1n) is 6.11. The van der Waals surface area contributed by atoms with Crippen LogP contribution in [0, 0.1) is 17.0 Å². The van der Waals surface area contributed by atoms with Gasteiger partial charge >= 0.3 is 0 Å². The van der Waals surface area contributed by atoms with Gasteiger partial charge in [-0.2, -0.15) is 0 Å². The average molecular weight is 310 g/mol. The fourth-order valence-electron chi connectivity index (χ4n) is 2.04. The van der Waals surface area contributed by atoms with Crippen molar-refractivity contribution >= 4 is 28.9 Å². The van der Waals surface area contributed by atoms with Gasteiger partial charge in [0.15, 0.2) is 0 Å². The molecule has 5 heteroatoms. The number of alkyl halides is 1. The molecular formula is C15H13Cl2NO2. The van der Waals surface area contributed by atoms with E-state index in [-0.39, 0.29) is 16.1 Å². The molecule has 0 amide bonds. The monoisotopic (exact) mass is 309 g/mol. The molecule has 0 aliphatic carbocycles. The first-order valence-corrected chi connectivity index (χ1v) is 6.93. The molecule has 1 atom stereocenters. The molecule has 3 nitrogen and oxygen atoms in total. The summed E-state index contributed by atoms with van der Waals surface area (Å²) in [7, 11) is 0. The lowest BCUT2D eigenvalue weighted by atomic mass is 9.99. The molecule has 0 N–H and O–H groups in total. The van der Waals surface area contributed by atoms with Gasteiger partial charge in [0, 0.05) is 6.07 Å². The molecule has 2 aromatic carbocycles. The Labute approximate surface area is 127 Å². The molecule has 0 radical (unpaired) electrons. The van der Waals surface area contributed by atoms with Crippen molar-refractivity contribution in [3.05, 3.63) is 74.3 Å². The second kappa shape index (κ2) is 6.25. The Hall–Kier alpha value is -1.58. The molecule has 0 heterocycles. The summed E-state index contributed by atoms with van der Waals surface area (Å²) in [5, 5.41) is 10.8. The van der Waals surface area contributed by atoms with E-state index in [1.54, 1.807) is 6.07 Å². The maximum absolute atomic E-state index is 10.8. The number of benzene rings is 2. The molecule has 20 heavy (non-hydrogen) atoms. The third-order valence-corrected chi connectivity index (χ3v) is 3.87. The minimum Gasteiger partial charge on any atom is -0.258 e. The molecule has 0 saturated heterocycles. The van der Waals surface area contributed by atoms with Crippen LogP contribution in [0.25, 0.3) is 0 Å². The number of halogens is 2. The number of aryl methyl sites for hydroxylation is 1. The van der Waals surface area contributed by atoms with Crippen molar-refractivity contribution in [1.29, 1.82) is 0 Å². The summed E-state index contributed by atoms with van der Waals surface area (Å²) in [6.07, 6.45) is 0.578. The fraction of sp³-hybridized carbons (Fsp3) is 0.200. The van der Waals surface area contributed by atoms with Gasteiger partial charge in [0.05, 0.1) is 10.3 Å². The summed E-state index contributed by atoms with van der Waals surface area (Å²) in [6, 6.07) is 12.8. The van der Waals surface area contributed by atoms with E-state index >= 15 is 0 Å². The van der Waals surface area contributed by atoms with Crippen molar-refractivity contribution in [3.8, 4) is 0 Å². The zero-order valence-electron chi connectivity index (χ0n) is 10.8. The van der Waals surface area contributed by atoms with E-state index < -0.39 is 4.92 Å². The quantitative estimate of drug-likeness (QED) is 0.449. The number of nitro benzene ring substituents is 1. The second-order valence-electron chi connectivity index (χ2n) is 4.57. The summed E-state index contributed by atoms with van der Waals surface area (Å²) in [5.74, 6) is 0. The Balaban J connectivity index is 2.26. The largest absolute Gasteiger partial charge is 0.288 e. The SMILES string of the molecule is Cc1cc([N+](=O)[O-])c(Cl)cc1CC(Cl)c1ccccc1. The summed E-state index contributed by atoms with van der Waals surface area (Å²) >= 11 is 12.3. The normalized spacial score (nSPS) is 12.2. The van der Waals surface area contributed by atoms with Crippen LogP contribution in [0.15, 0.2) is 42.5 Å². The van der Waals surface area contributed by atoms with Crippen LogP contribution in [0.2, 0.25) is 5.02 Å². The van der Waals surface area contributed by atoms with Crippen LogP contribution < -0.4 is 0 Å². The molecule has 0 aromatic heterocycles. The highest BCUT2D eigenvalue weighted by atomic mass is 35.5. The molecule has 0 bridgehead atoms. The summed E-state index contributed by atoms with van der Waals surface area (Å²) in [5.41, 5.74) is 2.69. The minimum atomic E-state index is -0.478. The molecule has 104 valence electrons. The number of hydrogen-bond acceptors (Lipinski definition) is 2. The van der Waals surface area contributed by atoms with Gasteiger partial charge in [-0.15, -0.1) is 11.6 Å². The smallest absolute Gasteiger partial charge is 0.258 e. The average Bonchev–Trinajstić information content (AvgIpc) is 2.43. The van der Waals surface area contributed by atoms with E-state index in [1.165, 1.54) is 6.07 Å². The van der Waals surface area contributed by atoms with Crippen LogP contribution in [0.4, 0.5) is 5.69 Å². The van der Waals surface area contributed by atoms with Gasteiger partial charge in [-0.3, -0.25) is 10.1 Å². The van der Waals surface area contributed by atoms with Crippen LogP contribution >= 0.6 is 23.2 Å². The van der Waals surface area contributed by atoms with Gasteiger partial charge in [0.25, 0.3) is 5.69 Å². The topological polar surface area (TPSA) is 43.1 Å². The van der Waals surface area contributed by atoms with Crippen LogP contribution in [0.3, 0.4) is 0 Å². The van der Waals surface area contributed by atoms with E-state index in [9.17, 15) is 10.1 Å². The van der Waals surface area contributed by atoms with Gasteiger partial charge in [0.1, 0.15) is 5.02 Å². The lowest BCUT2D eigenvalue weighted by Crippen LogP contribution is -2.00. The third kappa shape index (κ3) is 3.30. The number of nitrogens with zero attached hydrogens (tertiary/aromatic N) is 1. The zero-order valence-corrected chi connectivity index (χ0v) is 12.4. The Morgan fingerprint density at radius 3 is 2.50 bits per heavy atom. The van der Waals surface area contributed by atoms with Crippen molar-refractivity contribution in [3.63, 3.8) is 0 Å². The number of rotatable bonds is 4. The van der Waals surface area contributed by atoms with Crippen LogP contribution in [-0.4, -0.2) is 4.92 Å². The molecular weight excluding hydrogens is 297 g/mol. The Morgan fingerprint density at radius 2 is 1.90 bits per heavy atom. The van der Waals surface area contributed by atoms with Crippen molar-refractivity contribution < 1.29 is 4.92 Å². The first kappa shape index (κ1) is 14.8. The first-order chi connectivity index (χ1) is 9.49. The van der Waals surface area contributed by atoms with Gasteiger partial charge in [-0.25, -0.2) is 0 Å². The fourth-order valence-corrected chi connectivity index (χ4v) is 2.61.